The fourth-order valence-electron chi connectivity index (χ4n) is 1.11. The Morgan fingerprint density at radius 2 is 2.08 bits per heavy atom. The molecule has 0 atom stereocenters. The maximum Gasteiger partial charge on any atom is 0.280 e. The molecule has 0 saturated carbocycles. The molecule has 0 aliphatic carbocycles. The maximum atomic E-state index is 12.4. The summed E-state index contributed by atoms with van der Waals surface area (Å²) in [6, 6.07) is 1.82. The van der Waals surface area contributed by atoms with E-state index >= 15 is 0 Å². The van der Waals surface area contributed by atoms with Gasteiger partial charge >= 0.3 is 0 Å². The number of pyridine rings is 1. The van der Waals surface area contributed by atoms with Crippen LogP contribution in [0.4, 0.5) is 8.78 Å². The van der Waals surface area contributed by atoms with E-state index in [0.29, 0.717) is 16.6 Å². The molecule has 0 unspecified atom stereocenters. The van der Waals surface area contributed by atoms with Gasteiger partial charge in [-0.1, -0.05) is 15.9 Å². The number of halogens is 3. The lowest BCUT2D eigenvalue weighted by Gasteiger charge is -2.08. The monoisotopic (exact) mass is 249 g/mol. The summed E-state index contributed by atoms with van der Waals surface area (Å²) >= 11 is 3.19. The van der Waals surface area contributed by atoms with Gasteiger partial charge in [0.2, 0.25) is 0 Å². The van der Waals surface area contributed by atoms with E-state index in [4.69, 9.17) is 0 Å². The van der Waals surface area contributed by atoms with E-state index in [-0.39, 0.29) is 5.69 Å². The Morgan fingerprint density at radius 1 is 1.46 bits per heavy atom. The first-order chi connectivity index (χ1) is 6.06. The molecule has 1 nitrogen and oxygen atoms in total. The van der Waals surface area contributed by atoms with Crippen molar-refractivity contribution in [3.05, 3.63) is 28.6 Å². The van der Waals surface area contributed by atoms with Gasteiger partial charge < -0.3 is 0 Å². The van der Waals surface area contributed by atoms with Gasteiger partial charge in [-0.15, -0.1) is 0 Å². The molecule has 0 amide bonds. The lowest BCUT2D eigenvalue weighted by atomic mass is 10.1. The van der Waals surface area contributed by atoms with Crippen molar-refractivity contribution >= 4 is 15.9 Å². The van der Waals surface area contributed by atoms with Gasteiger partial charge in [0.1, 0.15) is 5.69 Å². The molecule has 13 heavy (non-hydrogen) atoms. The Kier molecular flexibility index (Phi) is 3.36. The van der Waals surface area contributed by atoms with Crippen molar-refractivity contribution < 1.29 is 8.78 Å². The summed E-state index contributed by atoms with van der Waals surface area (Å²) in [4.78, 5) is 3.85. The highest BCUT2D eigenvalue weighted by Crippen LogP contribution is 2.23. The third kappa shape index (κ3) is 2.24. The second kappa shape index (κ2) is 4.13. The van der Waals surface area contributed by atoms with Crippen LogP contribution in [0.5, 0.6) is 0 Å². The predicted octanol–water partition coefficient (Wildman–Crippen LogP) is 3.53. The van der Waals surface area contributed by atoms with E-state index in [1.807, 2.05) is 13.0 Å². The molecule has 0 spiro atoms. The minimum atomic E-state index is -2.49. The van der Waals surface area contributed by atoms with E-state index in [2.05, 4.69) is 20.9 Å². The lowest BCUT2D eigenvalue weighted by molar-refractivity contribution is 0.145. The normalized spacial score (nSPS) is 10.9. The summed E-state index contributed by atoms with van der Waals surface area (Å²) in [6.45, 7) is 3.48. The van der Waals surface area contributed by atoms with Gasteiger partial charge in [-0.2, -0.15) is 0 Å². The number of hydrogen-bond donors (Lipinski definition) is 0. The van der Waals surface area contributed by atoms with E-state index < -0.39 is 6.43 Å². The molecule has 72 valence electrons. The van der Waals surface area contributed by atoms with Crippen molar-refractivity contribution in [1.29, 1.82) is 0 Å². The van der Waals surface area contributed by atoms with Gasteiger partial charge in [0, 0.05) is 5.33 Å². The summed E-state index contributed by atoms with van der Waals surface area (Å²) in [7, 11) is 0. The highest BCUT2D eigenvalue weighted by Gasteiger charge is 2.14. The predicted molar refractivity (Wildman–Crippen MR) is 51.3 cm³/mol. The number of aromatic nitrogens is 1. The number of nitrogens with zero attached hydrogens (tertiary/aromatic N) is 1. The van der Waals surface area contributed by atoms with Crippen LogP contribution in [0, 0.1) is 13.8 Å². The van der Waals surface area contributed by atoms with Crippen LogP contribution >= 0.6 is 15.9 Å². The zero-order valence-corrected chi connectivity index (χ0v) is 9.03. The Balaban J connectivity index is 3.25. The summed E-state index contributed by atoms with van der Waals surface area (Å²) in [6.07, 6.45) is -2.49. The summed E-state index contributed by atoms with van der Waals surface area (Å²) in [5, 5.41) is 0.508. The average Bonchev–Trinajstić information content (AvgIpc) is 2.09. The Labute approximate surface area is 84.3 Å². The van der Waals surface area contributed by atoms with Crippen LogP contribution in [0.25, 0.3) is 0 Å². The highest BCUT2D eigenvalue weighted by molar-refractivity contribution is 9.08. The molecule has 0 aromatic carbocycles. The van der Waals surface area contributed by atoms with Crippen LogP contribution in [0.1, 0.15) is 28.9 Å². The molecule has 0 saturated heterocycles. The summed E-state index contributed by atoms with van der Waals surface area (Å²) in [5.74, 6) is 0. The molecule has 0 aliphatic heterocycles. The molecule has 4 heteroatoms. The van der Waals surface area contributed by atoms with Crippen molar-refractivity contribution in [1.82, 2.24) is 4.98 Å². The van der Waals surface area contributed by atoms with Gasteiger partial charge in [0.15, 0.2) is 0 Å². The number of aryl methyl sites for hydroxylation is 1. The van der Waals surface area contributed by atoms with Gasteiger partial charge in [-0.25, -0.2) is 8.78 Å². The minimum absolute atomic E-state index is 0.102. The topological polar surface area (TPSA) is 12.9 Å². The minimum Gasteiger partial charge on any atom is -0.251 e. The highest BCUT2D eigenvalue weighted by atomic mass is 79.9. The van der Waals surface area contributed by atoms with Gasteiger partial charge in [0.05, 0.1) is 5.69 Å². The molecule has 1 aromatic rings. The Hall–Kier alpha value is -0.510. The maximum absolute atomic E-state index is 12.4. The van der Waals surface area contributed by atoms with Crippen LogP contribution in [0.2, 0.25) is 0 Å². The second-order valence-corrected chi connectivity index (χ2v) is 3.44. The molecular formula is C9H10BrF2N. The van der Waals surface area contributed by atoms with E-state index in [9.17, 15) is 8.78 Å². The smallest absolute Gasteiger partial charge is 0.251 e. The summed E-state index contributed by atoms with van der Waals surface area (Å²) < 4.78 is 24.9. The number of rotatable bonds is 2. The fraction of sp³-hybridized carbons (Fsp3) is 0.444. The zero-order valence-electron chi connectivity index (χ0n) is 7.44. The van der Waals surface area contributed by atoms with Crippen LogP contribution in [-0.4, -0.2) is 4.98 Å². The Morgan fingerprint density at radius 3 is 2.54 bits per heavy atom. The van der Waals surface area contributed by atoms with Gasteiger partial charge in [-0.05, 0) is 31.0 Å². The summed E-state index contributed by atoms with van der Waals surface area (Å²) in [5.41, 5.74) is 1.99. The fourth-order valence-corrected chi connectivity index (χ4v) is 1.40. The largest absolute Gasteiger partial charge is 0.280 e. The average molecular weight is 250 g/mol. The van der Waals surface area contributed by atoms with Crippen molar-refractivity contribution in [2.45, 2.75) is 25.6 Å². The number of hydrogen-bond acceptors (Lipinski definition) is 1. The van der Waals surface area contributed by atoms with Crippen LogP contribution in [0.15, 0.2) is 6.07 Å². The molecule has 1 rings (SSSR count). The first-order valence-electron chi connectivity index (χ1n) is 3.87. The van der Waals surface area contributed by atoms with Crippen molar-refractivity contribution in [3.63, 3.8) is 0 Å². The molecule has 0 aliphatic rings. The van der Waals surface area contributed by atoms with Gasteiger partial charge in [0.25, 0.3) is 6.43 Å². The molecular weight excluding hydrogens is 240 g/mol. The molecule has 1 heterocycles. The van der Waals surface area contributed by atoms with Crippen LogP contribution < -0.4 is 0 Å². The lowest BCUT2D eigenvalue weighted by Crippen LogP contribution is -2.00. The van der Waals surface area contributed by atoms with E-state index in [1.165, 1.54) is 0 Å². The third-order valence-corrected chi connectivity index (χ3v) is 2.54. The molecule has 0 radical (unpaired) electrons. The first kappa shape index (κ1) is 10.6. The number of alkyl halides is 3. The second-order valence-electron chi connectivity index (χ2n) is 2.88. The Bertz CT molecular complexity index is 313. The standard InChI is InChI=1S/C9H10BrF2N/c1-5-3-7(4-10)13-8(6(5)2)9(11)12/h3,9H,4H2,1-2H3. The zero-order chi connectivity index (χ0) is 10.0. The van der Waals surface area contributed by atoms with E-state index in [0.717, 1.165) is 5.56 Å². The molecule has 0 N–H and O–H groups in total. The molecule has 0 fully saturated rings. The van der Waals surface area contributed by atoms with Crippen molar-refractivity contribution in [3.8, 4) is 0 Å². The third-order valence-electron chi connectivity index (χ3n) is 1.97. The molecule has 1 aromatic heterocycles. The SMILES string of the molecule is Cc1cc(CBr)nc(C(F)F)c1C. The van der Waals surface area contributed by atoms with Crippen molar-refractivity contribution in [2.24, 2.45) is 0 Å². The molecule has 0 bridgehead atoms. The van der Waals surface area contributed by atoms with E-state index in [1.54, 1.807) is 6.92 Å². The first-order valence-corrected chi connectivity index (χ1v) is 4.99. The quantitative estimate of drug-likeness (QED) is 0.731. The van der Waals surface area contributed by atoms with Crippen LogP contribution in [-0.2, 0) is 5.33 Å². The van der Waals surface area contributed by atoms with Crippen LogP contribution in [0.3, 0.4) is 0 Å². The van der Waals surface area contributed by atoms with Crippen molar-refractivity contribution in [2.75, 3.05) is 0 Å². The van der Waals surface area contributed by atoms with Gasteiger partial charge in [-0.3, -0.25) is 4.98 Å².